The highest BCUT2D eigenvalue weighted by atomic mass is 16.6. The Morgan fingerprint density at radius 3 is 2.52 bits per heavy atom. The Hall–Kier alpha value is -2.99. The zero-order chi connectivity index (χ0) is 18.2. The molecule has 0 radical (unpaired) electrons. The summed E-state index contributed by atoms with van der Waals surface area (Å²) in [6.07, 6.45) is 2.97. The molecule has 2 rings (SSSR count). The second kappa shape index (κ2) is 8.75. The van der Waals surface area contributed by atoms with Crippen LogP contribution in [0.2, 0.25) is 0 Å². The summed E-state index contributed by atoms with van der Waals surface area (Å²) in [6.45, 7) is 2.61. The molecule has 0 unspecified atom stereocenters. The number of ether oxygens (including phenoxy) is 2. The van der Waals surface area contributed by atoms with E-state index < -0.39 is 4.92 Å². The predicted molar refractivity (Wildman–Crippen MR) is 95.0 cm³/mol. The number of benzene rings is 2. The largest absolute Gasteiger partial charge is 0.491 e. The van der Waals surface area contributed by atoms with E-state index >= 15 is 0 Å². The average Bonchev–Trinajstić information content (AvgIpc) is 2.61. The van der Waals surface area contributed by atoms with Crippen molar-refractivity contribution in [3.05, 3.63) is 75.3 Å². The van der Waals surface area contributed by atoms with E-state index in [0.29, 0.717) is 35.7 Å². The van der Waals surface area contributed by atoms with Gasteiger partial charge in [0.15, 0.2) is 5.78 Å². The van der Waals surface area contributed by atoms with Crippen LogP contribution >= 0.6 is 0 Å². The number of ketones is 1. The maximum atomic E-state index is 12.2. The lowest BCUT2D eigenvalue weighted by Crippen LogP contribution is -2.04. The molecule has 6 heteroatoms. The van der Waals surface area contributed by atoms with Crippen LogP contribution in [0.3, 0.4) is 0 Å². The Morgan fingerprint density at radius 2 is 1.88 bits per heavy atom. The Bertz CT molecular complexity index is 781. The van der Waals surface area contributed by atoms with E-state index in [0.717, 1.165) is 0 Å². The van der Waals surface area contributed by atoms with E-state index in [1.807, 2.05) is 0 Å². The van der Waals surface area contributed by atoms with Gasteiger partial charge in [0.25, 0.3) is 5.69 Å². The van der Waals surface area contributed by atoms with Crippen LogP contribution in [0, 0.1) is 17.0 Å². The first kappa shape index (κ1) is 18.4. The summed E-state index contributed by atoms with van der Waals surface area (Å²) in [5.41, 5.74) is 1.73. The van der Waals surface area contributed by atoms with Crippen molar-refractivity contribution in [3.63, 3.8) is 0 Å². The molecule has 0 heterocycles. The first-order valence-corrected chi connectivity index (χ1v) is 7.70. The number of methoxy groups -OCH3 is 1. The molecular weight excluding hydrogens is 322 g/mol. The van der Waals surface area contributed by atoms with Gasteiger partial charge in [-0.2, -0.15) is 0 Å². The smallest absolute Gasteiger partial charge is 0.272 e. The summed E-state index contributed by atoms with van der Waals surface area (Å²) in [6, 6.07) is 11.6. The lowest BCUT2D eigenvalue weighted by molar-refractivity contribution is -0.385. The second-order valence-electron chi connectivity index (χ2n) is 5.37. The summed E-state index contributed by atoms with van der Waals surface area (Å²) in [4.78, 5) is 22.7. The first-order valence-electron chi connectivity index (χ1n) is 7.70. The minimum atomic E-state index is -0.434. The van der Waals surface area contributed by atoms with E-state index in [4.69, 9.17) is 9.47 Å². The summed E-state index contributed by atoms with van der Waals surface area (Å²) in [5.74, 6) is 0.471. The number of rotatable bonds is 8. The quantitative estimate of drug-likeness (QED) is 0.240. The third-order valence-corrected chi connectivity index (χ3v) is 3.55. The molecule has 0 amide bonds. The van der Waals surface area contributed by atoms with Gasteiger partial charge in [-0.25, -0.2) is 0 Å². The highest BCUT2D eigenvalue weighted by molar-refractivity contribution is 6.06. The standard InChI is InChI=1S/C19H19NO5/c1-14-3-4-15(13-18(14)20(22)23)5-10-19(21)16-6-8-17(9-7-16)25-12-11-24-2/h3-10,13H,11-12H2,1-2H3/b10-5+. The Balaban J connectivity index is 2.05. The first-order chi connectivity index (χ1) is 12.0. The number of aryl methyl sites for hydroxylation is 1. The van der Waals surface area contributed by atoms with Crippen molar-refractivity contribution < 1.29 is 19.2 Å². The minimum absolute atomic E-state index is 0.0344. The Morgan fingerprint density at radius 1 is 1.16 bits per heavy atom. The molecule has 0 saturated carbocycles. The maximum absolute atomic E-state index is 12.2. The van der Waals surface area contributed by atoms with Crippen LogP contribution in [0.5, 0.6) is 5.75 Å². The highest BCUT2D eigenvalue weighted by Gasteiger charge is 2.10. The topological polar surface area (TPSA) is 78.7 Å². The molecular formula is C19H19NO5. The molecule has 0 fully saturated rings. The van der Waals surface area contributed by atoms with Gasteiger partial charge in [-0.1, -0.05) is 18.2 Å². The van der Waals surface area contributed by atoms with Crippen LogP contribution < -0.4 is 4.74 Å². The number of nitro groups is 1. The molecule has 25 heavy (non-hydrogen) atoms. The van der Waals surface area contributed by atoms with Crippen molar-refractivity contribution in [1.82, 2.24) is 0 Å². The van der Waals surface area contributed by atoms with Crippen LogP contribution in [0.15, 0.2) is 48.5 Å². The summed E-state index contributed by atoms with van der Waals surface area (Å²) in [7, 11) is 1.60. The molecule has 2 aromatic carbocycles. The van der Waals surface area contributed by atoms with Gasteiger partial charge in [0, 0.05) is 24.3 Å². The third-order valence-electron chi connectivity index (χ3n) is 3.55. The predicted octanol–water partition coefficient (Wildman–Crippen LogP) is 3.82. The Labute approximate surface area is 145 Å². The molecule has 6 nitrogen and oxygen atoms in total. The molecule has 0 aliphatic rings. The van der Waals surface area contributed by atoms with E-state index in [-0.39, 0.29) is 11.5 Å². The van der Waals surface area contributed by atoms with Crippen molar-refractivity contribution >= 4 is 17.5 Å². The average molecular weight is 341 g/mol. The lowest BCUT2D eigenvalue weighted by atomic mass is 10.1. The molecule has 0 bridgehead atoms. The maximum Gasteiger partial charge on any atom is 0.272 e. The van der Waals surface area contributed by atoms with Crippen LogP contribution in [-0.4, -0.2) is 31.0 Å². The molecule has 0 atom stereocenters. The number of carbonyl (C=O) groups is 1. The molecule has 0 spiro atoms. The summed E-state index contributed by atoms with van der Waals surface area (Å²) in [5, 5.41) is 11.0. The van der Waals surface area contributed by atoms with E-state index in [2.05, 4.69) is 0 Å². The molecule has 0 aliphatic heterocycles. The second-order valence-corrected chi connectivity index (χ2v) is 5.37. The van der Waals surface area contributed by atoms with Crippen LogP contribution in [0.25, 0.3) is 6.08 Å². The molecule has 0 saturated heterocycles. The normalized spacial score (nSPS) is 10.8. The zero-order valence-electron chi connectivity index (χ0n) is 14.1. The molecule has 0 N–H and O–H groups in total. The van der Waals surface area contributed by atoms with E-state index in [1.54, 1.807) is 56.5 Å². The Kier molecular flexibility index (Phi) is 6.42. The van der Waals surface area contributed by atoms with Crippen LogP contribution in [0.4, 0.5) is 5.69 Å². The van der Waals surface area contributed by atoms with Crippen molar-refractivity contribution in [3.8, 4) is 5.75 Å². The summed E-state index contributed by atoms with van der Waals surface area (Å²) < 4.78 is 10.3. The summed E-state index contributed by atoms with van der Waals surface area (Å²) >= 11 is 0. The number of hydrogen-bond donors (Lipinski definition) is 0. The molecule has 130 valence electrons. The van der Waals surface area contributed by atoms with Gasteiger partial charge >= 0.3 is 0 Å². The molecule has 2 aromatic rings. The number of carbonyl (C=O) groups excluding carboxylic acids is 1. The van der Waals surface area contributed by atoms with Crippen molar-refractivity contribution in [2.45, 2.75) is 6.92 Å². The van der Waals surface area contributed by atoms with Crippen molar-refractivity contribution in [2.24, 2.45) is 0 Å². The zero-order valence-corrected chi connectivity index (χ0v) is 14.1. The molecule has 0 aromatic heterocycles. The SMILES string of the molecule is COCCOc1ccc(C(=O)/C=C/c2ccc(C)c([N+](=O)[O-])c2)cc1. The van der Waals surface area contributed by atoms with Crippen molar-refractivity contribution in [1.29, 1.82) is 0 Å². The van der Waals surface area contributed by atoms with Gasteiger partial charge in [-0.15, -0.1) is 0 Å². The van der Waals surface area contributed by atoms with E-state index in [1.165, 1.54) is 12.1 Å². The van der Waals surface area contributed by atoms with Gasteiger partial charge in [-0.3, -0.25) is 14.9 Å². The van der Waals surface area contributed by atoms with Gasteiger partial charge in [0.05, 0.1) is 11.5 Å². The van der Waals surface area contributed by atoms with Gasteiger partial charge < -0.3 is 9.47 Å². The van der Waals surface area contributed by atoms with Crippen molar-refractivity contribution in [2.75, 3.05) is 20.3 Å². The monoisotopic (exact) mass is 341 g/mol. The fourth-order valence-corrected chi connectivity index (χ4v) is 2.15. The third kappa shape index (κ3) is 5.26. The number of nitrogens with zero attached hydrogens (tertiary/aromatic N) is 1. The van der Waals surface area contributed by atoms with Crippen LogP contribution in [0.1, 0.15) is 21.5 Å². The fraction of sp³-hybridized carbons (Fsp3) is 0.211. The number of hydrogen-bond acceptors (Lipinski definition) is 5. The molecule has 0 aliphatic carbocycles. The number of nitro benzene ring substituents is 1. The van der Waals surface area contributed by atoms with Crippen LogP contribution in [-0.2, 0) is 4.74 Å². The minimum Gasteiger partial charge on any atom is -0.491 e. The highest BCUT2D eigenvalue weighted by Crippen LogP contribution is 2.20. The lowest BCUT2D eigenvalue weighted by Gasteiger charge is -2.05. The van der Waals surface area contributed by atoms with Gasteiger partial charge in [0.2, 0.25) is 0 Å². The van der Waals surface area contributed by atoms with E-state index in [9.17, 15) is 14.9 Å². The number of allylic oxidation sites excluding steroid dienone is 1. The fourth-order valence-electron chi connectivity index (χ4n) is 2.15. The van der Waals surface area contributed by atoms with Gasteiger partial charge in [-0.05, 0) is 42.8 Å². The van der Waals surface area contributed by atoms with Gasteiger partial charge in [0.1, 0.15) is 12.4 Å².